The van der Waals surface area contributed by atoms with E-state index in [0.717, 1.165) is 22.7 Å². The Morgan fingerprint density at radius 3 is 2.74 bits per heavy atom. The van der Waals surface area contributed by atoms with Gasteiger partial charge in [0.05, 0.1) is 21.3 Å². The van der Waals surface area contributed by atoms with Crippen LogP contribution in [0.5, 0.6) is 0 Å². The second-order valence-electron chi connectivity index (χ2n) is 8.28. The number of thiazole rings is 1. The Hall–Kier alpha value is -2.03. The molecule has 2 N–H and O–H groups in total. The fraction of sp³-hybridized carbons (Fsp3) is 0.364. The van der Waals surface area contributed by atoms with Gasteiger partial charge in [-0.15, -0.1) is 11.3 Å². The SMILES string of the molecule is CSc1nccc(-c2sc(C3CC3)nc2-c2cc(Cl)cc(CC(C)(C)C(N)=O)c2F)n1. The molecule has 162 valence electrons. The van der Waals surface area contributed by atoms with Gasteiger partial charge in [0, 0.05) is 28.1 Å². The summed E-state index contributed by atoms with van der Waals surface area (Å²) in [5.41, 5.74) is 6.47. The van der Waals surface area contributed by atoms with Crippen LogP contribution in [0.1, 0.15) is 43.2 Å². The predicted molar refractivity (Wildman–Crippen MR) is 124 cm³/mol. The summed E-state index contributed by atoms with van der Waals surface area (Å²) in [4.78, 5) is 26.2. The van der Waals surface area contributed by atoms with Crippen LogP contribution in [0, 0.1) is 11.2 Å². The molecule has 1 fully saturated rings. The van der Waals surface area contributed by atoms with E-state index in [1.54, 1.807) is 43.5 Å². The number of thioether (sulfide) groups is 1. The zero-order valence-electron chi connectivity index (χ0n) is 17.4. The van der Waals surface area contributed by atoms with E-state index in [1.807, 2.05) is 12.3 Å². The van der Waals surface area contributed by atoms with Gasteiger partial charge in [-0.25, -0.2) is 19.3 Å². The molecule has 0 aliphatic heterocycles. The van der Waals surface area contributed by atoms with Crippen molar-refractivity contribution in [2.24, 2.45) is 11.1 Å². The van der Waals surface area contributed by atoms with Gasteiger partial charge in [-0.3, -0.25) is 4.79 Å². The first-order chi connectivity index (χ1) is 14.7. The average molecular weight is 477 g/mol. The molecule has 31 heavy (non-hydrogen) atoms. The lowest BCUT2D eigenvalue weighted by molar-refractivity contribution is -0.125. The smallest absolute Gasteiger partial charge is 0.223 e. The Labute approximate surface area is 193 Å². The van der Waals surface area contributed by atoms with Crippen LogP contribution in [0.2, 0.25) is 5.02 Å². The van der Waals surface area contributed by atoms with Crippen LogP contribution >= 0.6 is 34.7 Å². The molecular weight excluding hydrogens is 455 g/mol. The number of amides is 1. The topological polar surface area (TPSA) is 81.8 Å². The van der Waals surface area contributed by atoms with Crippen LogP contribution in [0.25, 0.3) is 21.8 Å². The third-order valence-electron chi connectivity index (χ3n) is 5.29. The highest BCUT2D eigenvalue weighted by atomic mass is 35.5. The van der Waals surface area contributed by atoms with E-state index in [1.165, 1.54) is 11.8 Å². The van der Waals surface area contributed by atoms with Crippen LogP contribution in [-0.4, -0.2) is 27.1 Å². The molecule has 4 rings (SSSR count). The van der Waals surface area contributed by atoms with E-state index in [4.69, 9.17) is 22.3 Å². The van der Waals surface area contributed by atoms with Crippen molar-refractivity contribution < 1.29 is 9.18 Å². The number of carbonyl (C=O) groups excluding carboxylic acids is 1. The number of carbonyl (C=O) groups is 1. The van der Waals surface area contributed by atoms with Gasteiger partial charge in [0.15, 0.2) is 5.16 Å². The lowest BCUT2D eigenvalue weighted by Crippen LogP contribution is -2.33. The zero-order chi connectivity index (χ0) is 22.3. The number of hydrogen-bond acceptors (Lipinski definition) is 6. The van der Waals surface area contributed by atoms with E-state index < -0.39 is 17.1 Å². The molecule has 0 saturated heterocycles. The molecule has 2 aromatic heterocycles. The molecule has 1 aromatic carbocycles. The normalized spacial score (nSPS) is 14.1. The lowest BCUT2D eigenvalue weighted by Gasteiger charge is -2.21. The summed E-state index contributed by atoms with van der Waals surface area (Å²) in [7, 11) is 0. The summed E-state index contributed by atoms with van der Waals surface area (Å²) in [5, 5.41) is 2.00. The number of hydrogen-bond donors (Lipinski definition) is 1. The Morgan fingerprint density at radius 2 is 2.10 bits per heavy atom. The molecule has 0 spiro atoms. The minimum Gasteiger partial charge on any atom is -0.369 e. The molecule has 0 radical (unpaired) electrons. The standard InChI is InChI=1S/C22H22ClFN4OS2/c1-22(2,20(25)29)10-12-8-13(23)9-14(16(12)24)17-18(31-19(28-17)11-4-5-11)15-6-7-26-21(27-15)30-3/h6-9,11H,4-5,10H2,1-3H3,(H2,25,29). The number of nitrogens with zero attached hydrogens (tertiary/aromatic N) is 3. The van der Waals surface area contributed by atoms with Gasteiger partial charge >= 0.3 is 0 Å². The summed E-state index contributed by atoms with van der Waals surface area (Å²) in [6.45, 7) is 3.39. The number of nitrogens with two attached hydrogens (primary N) is 1. The third kappa shape index (κ3) is 4.61. The van der Waals surface area contributed by atoms with Crippen molar-refractivity contribution >= 4 is 40.6 Å². The molecule has 0 unspecified atom stereocenters. The first-order valence-corrected chi connectivity index (χ1v) is 12.3. The summed E-state index contributed by atoms with van der Waals surface area (Å²) < 4.78 is 15.7. The van der Waals surface area contributed by atoms with Crippen molar-refractivity contribution in [1.82, 2.24) is 15.0 Å². The molecule has 1 aliphatic carbocycles. The van der Waals surface area contributed by atoms with E-state index in [2.05, 4.69) is 9.97 Å². The van der Waals surface area contributed by atoms with Crippen molar-refractivity contribution in [1.29, 1.82) is 0 Å². The molecule has 9 heteroatoms. The van der Waals surface area contributed by atoms with Crippen molar-refractivity contribution in [2.45, 2.75) is 44.2 Å². The van der Waals surface area contributed by atoms with Crippen molar-refractivity contribution in [3.05, 3.63) is 45.8 Å². The maximum Gasteiger partial charge on any atom is 0.223 e. The fourth-order valence-corrected chi connectivity index (χ4v) is 5.09. The maximum atomic E-state index is 15.7. The predicted octanol–water partition coefficient (Wildman–Crippen LogP) is 5.71. The second-order valence-corrected chi connectivity index (χ2v) is 10.5. The molecule has 1 saturated carbocycles. The zero-order valence-corrected chi connectivity index (χ0v) is 19.8. The quantitative estimate of drug-likeness (QED) is 0.348. The third-order valence-corrected chi connectivity index (χ3v) is 7.31. The fourth-order valence-electron chi connectivity index (χ4n) is 3.27. The first-order valence-electron chi connectivity index (χ1n) is 9.86. The highest BCUT2D eigenvalue weighted by Gasteiger charge is 2.32. The van der Waals surface area contributed by atoms with E-state index in [0.29, 0.717) is 38.6 Å². The summed E-state index contributed by atoms with van der Waals surface area (Å²) >= 11 is 9.36. The summed E-state index contributed by atoms with van der Waals surface area (Å²) in [6, 6.07) is 4.95. The number of rotatable bonds is 7. The molecule has 0 bridgehead atoms. The van der Waals surface area contributed by atoms with Gasteiger partial charge < -0.3 is 5.73 Å². The van der Waals surface area contributed by atoms with Crippen LogP contribution in [-0.2, 0) is 11.2 Å². The molecular formula is C22H22ClFN4OS2. The number of primary amides is 1. The van der Waals surface area contributed by atoms with E-state index >= 15 is 4.39 Å². The second kappa shape index (κ2) is 8.48. The number of benzene rings is 1. The van der Waals surface area contributed by atoms with Crippen molar-refractivity contribution in [2.75, 3.05) is 6.26 Å². The monoisotopic (exact) mass is 476 g/mol. The Kier molecular flexibility index (Phi) is 6.07. The van der Waals surface area contributed by atoms with Crippen LogP contribution in [0.3, 0.4) is 0 Å². The molecule has 5 nitrogen and oxygen atoms in total. The minimum absolute atomic E-state index is 0.140. The van der Waals surface area contributed by atoms with Gasteiger partial charge in [0.1, 0.15) is 5.82 Å². The average Bonchev–Trinajstić information content (AvgIpc) is 3.49. The largest absolute Gasteiger partial charge is 0.369 e. The molecule has 1 aliphatic rings. The van der Waals surface area contributed by atoms with Crippen molar-refractivity contribution in [3.63, 3.8) is 0 Å². The highest BCUT2D eigenvalue weighted by molar-refractivity contribution is 7.98. The molecule has 3 aromatic rings. The lowest BCUT2D eigenvalue weighted by atomic mass is 9.84. The van der Waals surface area contributed by atoms with Gasteiger partial charge in [-0.2, -0.15) is 0 Å². The number of aromatic nitrogens is 3. The molecule has 0 atom stereocenters. The van der Waals surface area contributed by atoms with Gasteiger partial charge in [0.25, 0.3) is 0 Å². The summed E-state index contributed by atoms with van der Waals surface area (Å²) in [5.74, 6) is -0.522. The van der Waals surface area contributed by atoms with Crippen LogP contribution in [0.4, 0.5) is 4.39 Å². The Balaban J connectivity index is 1.87. The van der Waals surface area contributed by atoms with Crippen LogP contribution < -0.4 is 5.73 Å². The Bertz CT molecular complexity index is 1160. The Morgan fingerprint density at radius 1 is 1.35 bits per heavy atom. The minimum atomic E-state index is -0.910. The first kappa shape index (κ1) is 22.2. The van der Waals surface area contributed by atoms with Crippen molar-refractivity contribution in [3.8, 4) is 21.8 Å². The highest BCUT2D eigenvalue weighted by Crippen LogP contribution is 2.47. The van der Waals surface area contributed by atoms with Gasteiger partial charge in [-0.05, 0) is 49.3 Å². The van der Waals surface area contributed by atoms with E-state index in [9.17, 15) is 4.79 Å². The molecule has 2 heterocycles. The number of halogens is 2. The van der Waals surface area contributed by atoms with Gasteiger partial charge in [0.2, 0.25) is 5.91 Å². The van der Waals surface area contributed by atoms with E-state index in [-0.39, 0.29) is 6.42 Å². The maximum absolute atomic E-state index is 15.7. The van der Waals surface area contributed by atoms with Crippen LogP contribution in [0.15, 0.2) is 29.6 Å². The summed E-state index contributed by atoms with van der Waals surface area (Å²) in [6.07, 6.45) is 5.92. The van der Waals surface area contributed by atoms with Gasteiger partial charge in [-0.1, -0.05) is 37.2 Å². The molecule has 1 amide bonds.